The fourth-order valence-electron chi connectivity index (χ4n) is 7.23. The van der Waals surface area contributed by atoms with Crippen molar-refractivity contribution in [1.82, 2.24) is 4.90 Å². The van der Waals surface area contributed by atoms with E-state index in [1.54, 1.807) is 5.57 Å². The Morgan fingerprint density at radius 3 is 2.62 bits per heavy atom. The van der Waals surface area contributed by atoms with Crippen molar-refractivity contribution in [2.75, 3.05) is 19.6 Å². The third-order valence-electron chi connectivity index (χ3n) is 8.56. The van der Waals surface area contributed by atoms with Gasteiger partial charge in [-0.25, -0.2) is 4.39 Å². The standard InChI is InChI=1S/C25H40FNO2/c1-17(15-27-11-9-20(26)16-27)23-7-8-24-19(4-3-10-25(23,24)2)6-5-18-12-21(28)14-22(29)13-18/h5-6,17,20-24,28-29H,3-4,7-16H2,1-2H3/b18-5?,19-6+/t17-,20+,21-,22+,23+,24-,25+/m0/s1. The molecule has 0 aromatic carbocycles. The van der Waals surface area contributed by atoms with Crippen molar-refractivity contribution < 1.29 is 14.6 Å². The van der Waals surface area contributed by atoms with E-state index in [0.717, 1.165) is 19.0 Å². The highest BCUT2D eigenvalue weighted by Gasteiger charge is 2.50. The van der Waals surface area contributed by atoms with E-state index in [9.17, 15) is 14.6 Å². The molecule has 4 aliphatic rings. The molecule has 2 N–H and O–H groups in total. The van der Waals surface area contributed by atoms with Crippen LogP contribution in [0.15, 0.2) is 23.3 Å². The van der Waals surface area contributed by atoms with Gasteiger partial charge < -0.3 is 15.1 Å². The number of nitrogens with zero attached hydrogens (tertiary/aromatic N) is 1. The number of likely N-dealkylation sites (tertiary alicyclic amines) is 1. The Bertz CT molecular complexity index is 635. The van der Waals surface area contributed by atoms with Gasteiger partial charge in [0.05, 0.1) is 12.2 Å². The second-order valence-electron chi connectivity index (χ2n) is 10.7. The molecule has 0 amide bonds. The van der Waals surface area contributed by atoms with E-state index < -0.39 is 18.4 Å². The van der Waals surface area contributed by atoms with Crippen molar-refractivity contribution in [3.05, 3.63) is 23.3 Å². The van der Waals surface area contributed by atoms with Crippen LogP contribution in [0.4, 0.5) is 4.39 Å². The van der Waals surface area contributed by atoms with Gasteiger partial charge in [0.25, 0.3) is 0 Å². The largest absolute Gasteiger partial charge is 0.393 e. The molecular formula is C25H40FNO2. The number of fused-ring (bicyclic) bond motifs is 1. The summed E-state index contributed by atoms with van der Waals surface area (Å²) in [7, 11) is 0. The van der Waals surface area contributed by atoms with E-state index in [4.69, 9.17) is 0 Å². The summed E-state index contributed by atoms with van der Waals surface area (Å²) in [5, 5.41) is 19.9. The predicted molar refractivity (Wildman–Crippen MR) is 115 cm³/mol. The Balaban J connectivity index is 1.44. The van der Waals surface area contributed by atoms with Gasteiger partial charge in [0.15, 0.2) is 0 Å². The quantitative estimate of drug-likeness (QED) is 0.716. The third-order valence-corrected chi connectivity index (χ3v) is 8.56. The van der Waals surface area contributed by atoms with Crippen LogP contribution < -0.4 is 0 Å². The Morgan fingerprint density at radius 2 is 1.93 bits per heavy atom. The van der Waals surface area contributed by atoms with Crippen LogP contribution in [0.25, 0.3) is 0 Å². The normalized spacial score (nSPS) is 45.1. The zero-order valence-corrected chi connectivity index (χ0v) is 18.3. The highest BCUT2D eigenvalue weighted by Crippen LogP contribution is 2.59. The molecule has 0 aromatic heterocycles. The highest BCUT2D eigenvalue weighted by molar-refractivity contribution is 5.26. The van der Waals surface area contributed by atoms with E-state index in [0.29, 0.717) is 49.5 Å². The smallest absolute Gasteiger partial charge is 0.114 e. The molecule has 3 nitrogen and oxygen atoms in total. The first-order valence-corrected chi connectivity index (χ1v) is 12.0. The summed E-state index contributed by atoms with van der Waals surface area (Å²) in [6, 6.07) is 0. The monoisotopic (exact) mass is 405 g/mol. The lowest BCUT2D eigenvalue weighted by atomic mass is 9.61. The van der Waals surface area contributed by atoms with E-state index in [1.165, 1.54) is 37.7 Å². The minimum absolute atomic E-state index is 0.364. The van der Waals surface area contributed by atoms with Crippen molar-refractivity contribution in [3.63, 3.8) is 0 Å². The van der Waals surface area contributed by atoms with Crippen molar-refractivity contribution in [3.8, 4) is 0 Å². The van der Waals surface area contributed by atoms with Crippen LogP contribution in [0.5, 0.6) is 0 Å². The Hall–Kier alpha value is -0.710. The van der Waals surface area contributed by atoms with Crippen LogP contribution in [-0.2, 0) is 0 Å². The minimum atomic E-state index is -0.622. The van der Waals surface area contributed by atoms with Crippen molar-refractivity contribution in [2.45, 2.75) is 90.0 Å². The number of allylic oxidation sites excluding steroid dienone is 3. The molecule has 0 spiro atoms. The number of aliphatic hydroxyl groups is 2. The third kappa shape index (κ3) is 4.65. The first-order chi connectivity index (χ1) is 13.8. The molecular weight excluding hydrogens is 365 g/mol. The zero-order valence-electron chi connectivity index (χ0n) is 18.3. The Morgan fingerprint density at radius 1 is 1.17 bits per heavy atom. The summed E-state index contributed by atoms with van der Waals surface area (Å²) < 4.78 is 13.6. The molecule has 0 radical (unpaired) electrons. The summed E-state index contributed by atoms with van der Waals surface area (Å²) in [5.74, 6) is 2.00. The zero-order chi connectivity index (χ0) is 20.6. The number of alkyl halides is 1. The highest BCUT2D eigenvalue weighted by atomic mass is 19.1. The number of aliphatic hydroxyl groups excluding tert-OH is 2. The molecule has 0 unspecified atom stereocenters. The second kappa shape index (κ2) is 8.80. The van der Waals surface area contributed by atoms with Gasteiger partial charge in [-0.05, 0) is 81.0 Å². The van der Waals surface area contributed by atoms with Crippen LogP contribution in [0.2, 0.25) is 0 Å². The van der Waals surface area contributed by atoms with Gasteiger partial charge in [0, 0.05) is 19.6 Å². The van der Waals surface area contributed by atoms with Gasteiger partial charge in [0.1, 0.15) is 6.17 Å². The van der Waals surface area contributed by atoms with E-state index in [2.05, 4.69) is 30.9 Å². The molecule has 4 rings (SSSR count). The van der Waals surface area contributed by atoms with Crippen LogP contribution >= 0.6 is 0 Å². The summed E-state index contributed by atoms with van der Waals surface area (Å²) in [5.41, 5.74) is 3.14. The maximum Gasteiger partial charge on any atom is 0.114 e. The molecule has 3 saturated carbocycles. The van der Waals surface area contributed by atoms with Gasteiger partial charge in [-0.1, -0.05) is 37.1 Å². The number of halogens is 1. The summed E-state index contributed by atoms with van der Waals surface area (Å²) >= 11 is 0. The first kappa shape index (κ1) is 21.5. The lowest BCUT2D eigenvalue weighted by Gasteiger charge is -2.45. The average Bonchev–Trinajstić information content (AvgIpc) is 3.21. The molecule has 0 aromatic rings. The molecule has 0 bridgehead atoms. The van der Waals surface area contributed by atoms with Crippen molar-refractivity contribution >= 4 is 0 Å². The lowest BCUT2D eigenvalue weighted by molar-refractivity contribution is 0.0609. The second-order valence-corrected chi connectivity index (χ2v) is 10.7. The summed E-state index contributed by atoms with van der Waals surface area (Å²) in [6.07, 6.45) is 12.1. The van der Waals surface area contributed by atoms with E-state index >= 15 is 0 Å². The maximum atomic E-state index is 13.6. The molecule has 164 valence electrons. The van der Waals surface area contributed by atoms with E-state index in [-0.39, 0.29) is 0 Å². The van der Waals surface area contributed by atoms with Crippen LogP contribution in [-0.4, -0.2) is 53.1 Å². The Labute approximate surface area is 176 Å². The van der Waals surface area contributed by atoms with Gasteiger partial charge in [-0.2, -0.15) is 0 Å². The molecule has 1 heterocycles. The number of rotatable bonds is 4. The van der Waals surface area contributed by atoms with Gasteiger partial charge >= 0.3 is 0 Å². The number of hydrogen-bond donors (Lipinski definition) is 2. The predicted octanol–water partition coefficient (Wildman–Crippen LogP) is 4.64. The molecule has 1 saturated heterocycles. The first-order valence-electron chi connectivity index (χ1n) is 12.0. The molecule has 1 aliphatic heterocycles. The maximum absolute atomic E-state index is 13.6. The fourth-order valence-corrected chi connectivity index (χ4v) is 7.23. The summed E-state index contributed by atoms with van der Waals surface area (Å²) in [4.78, 5) is 2.34. The van der Waals surface area contributed by atoms with Gasteiger partial charge in [-0.3, -0.25) is 0 Å². The molecule has 4 heteroatoms. The van der Waals surface area contributed by atoms with Gasteiger partial charge in [-0.15, -0.1) is 0 Å². The van der Waals surface area contributed by atoms with Crippen LogP contribution in [0.3, 0.4) is 0 Å². The molecule has 7 atom stereocenters. The Kier molecular flexibility index (Phi) is 6.53. The van der Waals surface area contributed by atoms with Crippen LogP contribution in [0, 0.1) is 23.2 Å². The topological polar surface area (TPSA) is 43.7 Å². The average molecular weight is 406 g/mol. The molecule has 4 fully saturated rings. The fraction of sp³-hybridized carbons (Fsp3) is 0.840. The van der Waals surface area contributed by atoms with Gasteiger partial charge in [0.2, 0.25) is 0 Å². The molecule has 3 aliphatic carbocycles. The van der Waals surface area contributed by atoms with Crippen molar-refractivity contribution in [2.24, 2.45) is 23.2 Å². The molecule has 29 heavy (non-hydrogen) atoms. The number of hydrogen-bond acceptors (Lipinski definition) is 3. The van der Waals surface area contributed by atoms with Crippen molar-refractivity contribution in [1.29, 1.82) is 0 Å². The summed E-state index contributed by atoms with van der Waals surface area (Å²) in [6.45, 7) is 7.52. The van der Waals surface area contributed by atoms with E-state index in [1.807, 2.05) is 0 Å². The minimum Gasteiger partial charge on any atom is -0.393 e. The SMILES string of the molecule is C[C@@H](CN1CC[C@@H](F)C1)[C@H]1CC[C@H]2/C(=C/C=C3C[C@@H](O)C[C@@H](O)C3)CCC[C@]12C. The van der Waals surface area contributed by atoms with Crippen LogP contribution in [0.1, 0.15) is 71.6 Å². The lowest BCUT2D eigenvalue weighted by Crippen LogP contribution is -2.39.